The molecule has 0 fully saturated rings. The number of amides is 1. The van der Waals surface area contributed by atoms with Gasteiger partial charge in [-0.2, -0.15) is 5.10 Å². The van der Waals surface area contributed by atoms with E-state index in [-0.39, 0.29) is 0 Å². The molecule has 0 bridgehead atoms. The summed E-state index contributed by atoms with van der Waals surface area (Å²) in [6, 6.07) is 3.02. The van der Waals surface area contributed by atoms with Gasteiger partial charge in [0.15, 0.2) is 10.6 Å². The highest BCUT2D eigenvalue weighted by atomic mass is 32.1. The lowest BCUT2D eigenvalue weighted by Crippen LogP contribution is -2.24. The number of carbonyl (C=O) groups excluding carboxylic acids is 1. The van der Waals surface area contributed by atoms with Crippen LogP contribution in [0, 0.1) is 4.77 Å². The summed E-state index contributed by atoms with van der Waals surface area (Å²) >= 11 is 5.09. The molecular formula is C10H11N5OS. The van der Waals surface area contributed by atoms with Gasteiger partial charge < -0.3 is 5.73 Å². The summed E-state index contributed by atoms with van der Waals surface area (Å²) in [5, 5.41) is 6.76. The van der Waals surface area contributed by atoms with Gasteiger partial charge in [-0.3, -0.25) is 19.4 Å². The number of rotatable bonds is 3. The number of hydrogen-bond donors (Lipinski definition) is 2. The van der Waals surface area contributed by atoms with Crippen LogP contribution in [0.25, 0.3) is 11.4 Å². The average molecular weight is 249 g/mol. The van der Waals surface area contributed by atoms with Gasteiger partial charge in [-0.15, -0.1) is 0 Å². The van der Waals surface area contributed by atoms with E-state index in [0.717, 1.165) is 5.56 Å². The highest BCUT2D eigenvalue weighted by molar-refractivity contribution is 7.71. The predicted molar refractivity (Wildman–Crippen MR) is 64.5 cm³/mol. The van der Waals surface area contributed by atoms with Crippen LogP contribution in [-0.4, -0.2) is 25.7 Å². The number of carbonyl (C=O) groups is 1. The molecule has 2 aromatic heterocycles. The Bertz CT molecular complexity index is 588. The van der Waals surface area contributed by atoms with Crippen molar-refractivity contribution in [2.24, 2.45) is 5.73 Å². The lowest BCUT2D eigenvalue weighted by molar-refractivity contribution is -0.120. The number of nitrogens with zero attached hydrogens (tertiary/aromatic N) is 3. The van der Waals surface area contributed by atoms with Crippen LogP contribution >= 0.6 is 12.2 Å². The molecule has 0 radical (unpaired) electrons. The first-order chi connectivity index (χ1) is 8.11. The van der Waals surface area contributed by atoms with Crippen molar-refractivity contribution in [2.75, 3.05) is 0 Å². The van der Waals surface area contributed by atoms with Gasteiger partial charge in [0.05, 0.1) is 0 Å². The summed E-state index contributed by atoms with van der Waals surface area (Å²) < 4.78 is 1.95. The van der Waals surface area contributed by atoms with Gasteiger partial charge in [-0.25, -0.2) is 0 Å². The second-order valence-corrected chi connectivity index (χ2v) is 3.92. The lowest BCUT2D eigenvalue weighted by atomic mass is 10.2. The molecule has 0 spiro atoms. The summed E-state index contributed by atoms with van der Waals surface area (Å²) in [7, 11) is 0. The van der Waals surface area contributed by atoms with E-state index in [1.54, 1.807) is 36.0 Å². The van der Waals surface area contributed by atoms with E-state index in [1.165, 1.54) is 0 Å². The van der Waals surface area contributed by atoms with E-state index in [1.807, 2.05) is 0 Å². The van der Waals surface area contributed by atoms with Crippen molar-refractivity contribution >= 4 is 18.1 Å². The Morgan fingerprint density at radius 1 is 1.53 bits per heavy atom. The molecule has 6 nitrogen and oxygen atoms in total. The first kappa shape index (κ1) is 11.5. The largest absolute Gasteiger partial charge is 0.368 e. The van der Waals surface area contributed by atoms with Crippen molar-refractivity contribution in [1.82, 2.24) is 19.7 Å². The molecule has 2 aromatic rings. The van der Waals surface area contributed by atoms with Crippen molar-refractivity contribution in [2.45, 2.75) is 13.0 Å². The zero-order chi connectivity index (χ0) is 12.4. The van der Waals surface area contributed by atoms with Crippen LogP contribution < -0.4 is 5.73 Å². The molecule has 1 unspecified atom stereocenters. The van der Waals surface area contributed by atoms with E-state index >= 15 is 0 Å². The van der Waals surface area contributed by atoms with Crippen LogP contribution in [0.1, 0.15) is 13.0 Å². The summed E-state index contributed by atoms with van der Waals surface area (Å²) in [6.07, 6.45) is 3.29. The van der Waals surface area contributed by atoms with Crippen molar-refractivity contribution in [3.8, 4) is 11.4 Å². The molecule has 2 heterocycles. The Kier molecular flexibility index (Phi) is 3.01. The van der Waals surface area contributed by atoms with Gasteiger partial charge in [0.25, 0.3) is 0 Å². The number of aromatic nitrogens is 4. The minimum Gasteiger partial charge on any atom is -0.368 e. The summed E-state index contributed by atoms with van der Waals surface area (Å²) in [5.74, 6) is 0.113. The SMILES string of the molecule is CC(C(N)=O)n1c(-c2ccncc2)n[nH]c1=S. The normalized spacial score (nSPS) is 12.3. The maximum Gasteiger partial charge on any atom is 0.240 e. The van der Waals surface area contributed by atoms with E-state index in [4.69, 9.17) is 18.0 Å². The molecule has 2 rings (SSSR count). The van der Waals surface area contributed by atoms with Gasteiger partial charge >= 0.3 is 0 Å². The van der Waals surface area contributed by atoms with E-state index in [9.17, 15) is 4.79 Å². The summed E-state index contributed by atoms with van der Waals surface area (Å²) in [4.78, 5) is 15.2. The Labute approximate surface area is 102 Å². The zero-order valence-electron chi connectivity index (χ0n) is 9.12. The minimum atomic E-state index is -0.551. The summed E-state index contributed by atoms with van der Waals surface area (Å²) in [5.41, 5.74) is 6.10. The molecule has 0 saturated carbocycles. The topological polar surface area (TPSA) is 89.6 Å². The maximum absolute atomic E-state index is 11.2. The third-order valence-electron chi connectivity index (χ3n) is 2.44. The van der Waals surface area contributed by atoms with Crippen LogP contribution in [0.4, 0.5) is 0 Å². The van der Waals surface area contributed by atoms with Crippen LogP contribution in [-0.2, 0) is 4.79 Å². The standard InChI is InChI=1S/C10H11N5OS/c1-6(8(11)16)15-9(13-14-10(15)17)7-2-4-12-5-3-7/h2-6H,1H3,(H2,11,16)(H,14,17). The summed E-state index contributed by atoms with van der Waals surface area (Å²) in [6.45, 7) is 1.68. The smallest absolute Gasteiger partial charge is 0.240 e. The van der Waals surface area contributed by atoms with Crippen molar-refractivity contribution in [3.63, 3.8) is 0 Å². The minimum absolute atomic E-state index is 0.364. The van der Waals surface area contributed by atoms with E-state index < -0.39 is 11.9 Å². The Hall–Kier alpha value is -2.02. The van der Waals surface area contributed by atoms with Gasteiger partial charge in [0.2, 0.25) is 5.91 Å². The fraction of sp³-hybridized carbons (Fsp3) is 0.200. The Morgan fingerprint density at radius 3 is 2.76 bits per heavy atom. The third kappa shape index (κ3) is 2.09. The van der Waals surface area contributed by atoms with Gasteiger partial charge in [-0.1, -0.05) is 0 Å². The first-order valence-electron chi connectivity index (χ1n) is 4.98. The highest BCUT2D eigenvalue weighted by Gasteiger charge is 2.18. The Morgan fingerprint density at radius 2 is 2.18 bits per heavy atom. The molecule has 7 heteroatoms. The molecule has 17 heavy (non-hydrogen) atoms. The molecule has 3 N–H and O–H groups in total. The zero-order valence-corrected chi connectivity index (χ0v) is 9.94. The number of pyridine rings is 1. The van der Waals surface area contributed by atoms with Crippen LogP contribution in [0.15, 0.2) is 24.5 Å². The van der Waals surface area contributed by atoms with Gasteiger partial charge in [0, 0.05) is 18.0 Å². The molecule has 0 aliphatic rings. The van der Waals surface area contributed by atoms with Crippen LogP contribution in [0.3, 0.4) is 0 Å². The highest BCUT2D eigenvalue weighted by Crippen LogP contribution is 2.19. The number of H-pyrrole nitrogens is 1. The third-order valence-corrected chi connectivity index (χ3v) is 2.73. The quantitative estimate of drug-likeness (QED) is 0.795. The molecule has 1 amide bonds. The molecule has 0 saturated heterocycles. The van der Waals surface area contributed by atoms with Crippen molar-refractivity contribution in [3.05, 3.63) is 29.3 Å². The van der Waals surface area contributed by atoms with Crippen molar-refractivity contribution in [1.29, 1.82) is 0 Å². The van der Waals surface area contributed by atoms with Gasteiger partial charge in [0.1, 0.15) is 6.04 Å². The van der Waals surface area contributed by atoms with Gasteiger partial charge in [-0.05, 0) is 31.3 Å². The fourth-order valence-corrected chi connectivity index (χ4v) is 1.79. The molecule has 1 atom stereocenters. The molecule has 0 aliphatic carbocycles. The first-order valence-corrected chi connectivity index (χ1v) is 5.38. The van der Waals surface area contributed by atoms with Crippen LogP contribution in [0.5, 0.6) is 0 Å². The number of aromatic amines is 1. The monoisotopic (exact) mass is 249 g/mol. The lowest BCUT2D eigenvalue weighted by Gasteiger charge is -2.11. The molecular weight excluding hydrogens is 238 g/mol. The molecule has 0 aromatic carbocycles. The number of primary amides is 1. The van der Waals surface area contributed by atoms with E-state index in [2.05, 4.69) is 15.2 Å². The number of nitrogens with two attached hydrogens (primary N) is 1. The second kappa shape index (κ2) is 4.46. The molecule has 0 aliphatic heterocycles. The fourth-order valence-electron chi connectivity index (χ4n) is 1.50. The Balaban J connectivity index is 2.58. The second-order valence-electron chi connectivity index (χ2n) is 3.54. The van der Waals surface area contributed by atoms with Crippen LogP contribution in [0.2, 0.25) is 0 Å². The number of nitrogens with one attached hydrogen (secondary N) is 1. The van der Waals surface area contributed by atoms with Crippen molar-refractivity contribution < 1.29 is 4.79 Å². The maximum atomic E-state index is 11.2. The van der Waals surface area contributed by atoms with E-state index in [0.29, 0.717) is 10.6 Å². The predicted octanol–water partition coefficient (Wildman–Crippen LogP) is 1.05. The number of hydrogen-bond acceptors (Lipinski definition) is 4. The average Bonchev–Trinajstić information content (AvgIpc) is 2.71. The molecule has 88 valence electrons.